The van der Waals surface area contributed by atoms with E-state index in [1.54, 1.807) is 29.8 Å². The van der Waals surface area contributed by atoms with Crippen molar-refractivity contribution in [1.82, 2.24) is 9.55 Å². The van der Waals surface area contributed by atoms with Crippen molar-refractivity contribution in [2.45, 2.75) is 6.92 Å². The second kappa shape index (κ2) is 6.74. The molecule has 3 N–H and O–H groups in total. The molecule has 0 spiro atoms. The summed E-state index contributed by atoms with van der Waals surface area (Å²) in [4.78, 5) is 17.3. The van der Waals surface area contributed by atoms with Crippen LogP contribution < -0.4 is 11.3 Å². The summed E-state index contributed by atoms with van der Waals surface area (Å²) in [6.07, 6.45) is 4.25. The lowest BCUT2D eigenvalue weighted by molar-refractivity contribution is 0.626. The van der Waals surface area contributed by atoms with Gasteiger partial charge in [-0.3, -0.25) is 14.3 Å². The lowest BCUT2D eigenvalue weighted by atomic mass is 10.0. The van der Waals surface area contributed by atoms with Gasteiger partial charge in [0, 0.05) is 41.0 Å². The smallest absolute Gasteiger partial charge is 0.255 e. The fourth-order valence-corrected chi connectivity index (χ4v) is 3.43. The van der Waals surface area contributed by atoms with Gasteiger partial charge in [0.05, 0.1) is 16.7 Å². The molecule has 5 nitrogen and oxygen atoms in total. The van der Waals surface area contributed by atoms with Crippen LogP contribution in [0.25, 0.3) is 33.1 Å². The van der Waals surface area contributed by atoms with Gasteiger partial charge in [0.1, 0.15) is 5.82 Å². The van der Waals surface area contributed by atoms with Gasteiger partial charge < -0.3 is 11.1 Å². The van der Waals surface area contributed by atoms with E-state index >= 15 is 0 Å². The Morgan fingerprint density at radius 1 is 1.18 bits per heavy atom. The maximum atomic E-state index is 13.6. The minimum absolute atomic E-state index is 0.221. The predicted octanol–water partition coefficient (Wildman–Crippen LogP) is 3.94. The summed E-state index contributed by atoms with van der Waals surface area (Å²) < 4.78 is 15.2. The van der Waals surface area contributed by atoms with Crippen molar-refractivity contribution in [2.75, 3.05) is 0 Å². The van der Waals surface area contributed by atoms with Gasteiger partial charge in [0.2, 0.25) is 0 Å². The van der Waals surface area contributed by atoms with Crippen LogP contribution in [0.1, 0.15) is 11.1 Å². The summed E-state index contributed by atoms with van der Waals surface area (Å²) in [5, 5.41) is 9.07. The third-order valence-electron chi connectivity index (χ3n) is 4.79. The summed E-state index contributed by atoms with van der Waals surface area (Å²) in [7, 11) is 0. The molecule has 28 heavy (non-hydrogen) atoms. The fourth-order valence-electron chi connectivity index (χ4n) is 3.43. The Morgan fingerprint density at radius 2 is 2.00 bits per heavy atom. The van der Waals surface area contributed by atoms with Crippen molar-refractivity contribution in [2.24, 2.45) is 5.73 Å². The van der Waals surface area contributed by atoms with Crippen LogP contribution in [-0.4, -0.2) is 15.8 Å². The van der Waals surface area contributed by atoms with Crippen LogP contribution in [0.4, 0.5) is 4.39 Å². The second-order valence-corrected chi connectivity index (χ2v) is 6.50. The molecule has 0 aliphatic carbocycles. The second-order valence-electron chi connectivity index (χ2n) is 6.50. The first kappa shape index (κ1) is 17.6. The number of hydrogen-bond donors (Lipinski definition) is 2. The molecule has 0 aliphatic rings. The zero-order valence-electron chi connectivity index (χ0n) is 15.1. The number of fused-ring (bicyclic) bond motifs is 3. The normalized spacial score (nSPS) is 11.9. The number of aryl methyl sites for hydroxylation is 1. The van der Waals surface area contributed by atoms with E-state index in [0.29, 0.717) is 27.9 Å². The Hall–Kier alpha value is -3.80. The molecule has 2 heterocycles. The van der Waals surface area contributed by atoms with Gasteiger partial charge in [-0.1, -0.05) is 6.07 Å². The topological polar surface area (TPSA) is 84.8 Å². The fraction of sp³-hybridized carbons (Fsp3) is 0.0455. The van der Waals surface area contributed by atoms with Gasteiger partial charge in [-0.2, -0.15) is 0 Å². The molecule has 4 aromatic rings. The van der Waals surface area contributed by atoms with Gasteiger partial charge in [-0.15, -0.1) is 0 Å². The first-order valence-electron chi connectivity index (χ1n) is 8.67. The number of allylic oxidation sites excluding steroid dienone is 1. The number of nitrogens with two attached hydrogens (primary N) is 1. The zero-order valence-corrected chi connectivity index (χ0v) is 15.1. The lowest BCUT2D eigenvalue weighted by Crippen LogP contribution is -2.18. The maximum Gasteiger partial charge on any atom is 0.255 e. The van der Waals surface area contributed by atoms with Gasteiger partial charge in [-0.25, -0.2) is 4.39 Å². The monoisotopic (exact) mass is 372 g/mol. The largest absolute Gasteiger partial charge is 0.404 e. The van der Waals surface area contributed by atoms with Crippen LogP contribution in [-0.2, 0) is 0 Å². The number of aromatic nitrogens is 2. The summed E-state index contributed by atoms with van der Waals surface area (Å²) >= 11 is 0. The van der Waals surface area contributed by atoms with Crippen LogP contribution in [0.3, 0.4) is 0 Å². The maximum absolute atomic E-state index is 13.6. The Bertz CT molecular complexity index is 1340. The molecule has 2 aromatic carbocycles. The molecule has 0 bridgehead atoms. The molecule has 6 heteroatoms. The van der Waals surface area contributed by atoms with Gasteiger partial charge >= 0.3 is 0 Å². The average Bonchev–Trinajstić information content (AvgIpc) is 2.69. The van der Waals surface area contributed by atoms with Crippen molar-refractivity contribution < 1.29 is 4.39 Å². The standard InChI is InChI=1S/C22H17FN4O/c1-13-8-17(23)4-6-20(13)27-21(28)7-3-15-12-26-19-5-2-14(16(10-24)11-25)9-18(19)22(15)27/h2-12,24H,25H2,1H3/b16-11+,24-10?. The number of pyridine rings is 2. The lowest BCUT2D eigenvalue weighted by Gasteiger charge is -2.15. The molecular weight excluding hydrogens is 355 g/mol. The van der Waals surface area contributed by atoms with Gasteiger partial charge in [-0.05, 0) is 54.4 Å². The van der Waals surface area contributed by atoms with Crippen molar-refractivity contribution in [1.29, 1.82) is 5.41 Å². The summed E-state index contributed by atoms with van der Waals surface area (Å²) in [5.41, 5.74) is 9.36. The van der Waals surface area contributed by atoms with Crippen LogP contribution in [0, 0.1) is 18.2 Å². The molecule has 0 amide bonds. The van der Waals surface area contributed by atoms with E-state index in [4.69, 9.17) is 11.1 Å². The highest BCUT2D eigenvalue weighted by atomic mass is 19.1. The van der Waals surface area contributed by atoms with E-state index < -0.39 is 0 Å². The Morgan fingerprint density at radius 3 is 2.71 bits per heavy atom. The van der Waals surface area contributed by atoms with E-state index in [9.17, 15) is 9.18 Å². The molecule has 0 saturated carbocycles. The number of benzene rings is 2. The molecule has 4 rings (SSSR count). The van der Waals surface area contributed by atoms with E-state index in [1.165, 1.54) is 30.6 Å². The summed E-state index contributed by atoms with van der Waals surface area (Å²) in [6.45, 7) is 1.77. The Kier molecular flexibility index (Phi) is 4.24. The third-order valence-corrected chi connectivity index (χ3v) is 4.79. The van der Waals surface area contributed by atoms with Crippen LogP contribution >= 0.6 is 0 Å². The van der Waals surface area contributed by atoms with Crippen molar-refractivity contribution >= 4 is 33.6 Å². The quantitative estimate of drug-likeness (QED) is 0.422. The highest BCUT2D eigenvalue weighted by Gasteiger charge is 2.13. The molecular formula is C22H17FN4O. The van der Waals surface area contributed by atoms with Crippen LogP contribution in [0.5, 0.6) is 0 Å². The molecule has 2 aromatic heterocycles. The van der Waals surface area contributed by atoms with Gasteiger partial charge in [0.25, 0.3) is 5.56 Å². The number of halogens is 1. The number of hydrogen-bond acceptors (Lipinski definition) is 4. The number of nitrogens with zero attached hydrogens (tertiary/aromatic N) is 2. The Labute approximate surface area is 160 Å². The molecule has 0 fully saturated rings. The first-order valence-corrected chi connectivity index (χ1v) is 8.67. The van der Waals surface area contributed by atoms with Crippen LogP contribution in [0.2, 0.25) is 0 Å². The first-order chi connectivity index (χ1) is 13.5. The van der Waals surface area contributed by atoms with E-state index in [0.717, 1.165) is 16.3 Å². The molecule has 0 aliphatic heterocycles. The highest BCUT2D eigenvalue weighted by molar-refractivity contribution is 6.11. The number of nitrogens with one attached hydrogen (secondary N) is 1. The third kappa shape index (κ3) is 2.75. The van der Waals surface area contributed by atoms with E-state index in [1.807, 2.05) is 18.2 Å². The van der Waals surface area contributed by atoms with Crippen molar-refractivity contribution in [3.63, 3.8) is 0 Å². The molecule has 138 valence electrons. The van der Waals surface area contributed by atoms with E-state index in [-0.39, 0.29) is 11.4 Å². The van der Waals surface area contributed by atoms with Crippen molar-refractivity contribution in [3.05, 3.63) is 88.2 Å². The van der Waals surface area contributed by atoms with Crippen LogP contribution in [0.15, 0.2) is 65.7 Å². The van der Waals surface area contributed by atoms with Gasteiger partial charge in [0.15, 0.2) is 0 Å². The SMILES string of the molecule is Cc1cc(F)ccc1-n1c(=O)ccc2cnc3ccc(/C(C=N)=C/N)cc3c21. The number of rotatable bonds is 3. The minimum atomic E-state index is -0.355. The summed E-state index contributed by atoms with van der Waals surface area (Å²) in [5.74, 6) is -0.355. The van der Waals surface area contributed by atoms with E-state index in [2.05, 4.69) is 4.98 Å². The molecule has 0 atom stereocenters. The summed E-state index contributed by atoms with van der Waals surface area (Å²) in [6, 6.07) is 13.1. The molecule has 0 unspecified atom stereocenters. The Balaban J connectivity index is 2.18. The molecule has 0 saturated heterocycles. The highest BCUT2D eigenvalue weighted by Crippen LogP contribution is 2.28. The average molecular weight is 372 g/mol. The minimum Gasteiger partial charge on any atom is -0.404 e. The predicted molar refractivity (Wildman–Crippen MR) is 110 cm³/mol. The van der Waals surface area contributed by atoms with Crippen molar-refractivity contribution in [3.8, 4) is 5.69 Å². The molecule has 0 radical (unpaired) electrons. The zero-order chi connectivity index (χ0) is 19.8.